The van der Waals surface area contributed by atoms with Crippen LogP contribution in [0.4, 0.5) is 0 Å². The molecule has 0 saturated heterocycles. The van der Waals surface area contributed by atoms with E-state index in [0.29, 0.717) is 24.7 Å². The molecule has 0 aromatic heterocycles. The fourth-order valence-electron chi connectivity index (χ4n) is 1.14. The summed E-state index contributed by atoms with van der Waals surface area (Å²) in [4.78, 5) is 21.0. The highest BCUT2D eigenvalue weighted by Crippen LogP contribution is 2.16. The molecule has 1 aromatic rings. The van der Waals surface area contributed by atoms with E-state index in [0.717, 1.165) is 5.75 Å². The summed E-state index contributed by atoms with van der Waals surface area (Å²) in [6, 6.07) is 6.94. The summed E-state index contributed by atoms with van der Waals surface area (Å²) >= 11 is 0. The van der Waals surface area contributed by atoms with E-state index in [1.54, 1.807) is 24.3 Å². The van der Waals surface area contributed by atoms with Crippen LogP contribution in [0.3, 0.4) is 0 Å². The summed E-state index contributed by atoms with van der Waals surface area (Å²) in [5.41, 5.74) is 0.693. The standard InChI is InChI=1S/C11H12O3/c1-2-14-11-5-3-9(4-6-11)10(7-12)8-13/h3-8,10H,2H2,1H3. The molecule has 1 rings (SSSR count). The van der Waals surface area contributed by atoms with Crippen LogP contribution in [0.5, 0.6) is 5.75 Å². The lowest BCUT2D eigenvalue weighted by Crippen LogP contribution is -2.01. The van der Waals surface area contributed by atoms with Crippen molar-refractivity contribution in [2.45, 2.75) is 12.8 Å². The highest BCUT2D eigenvalue weighted by atomic mass is 16.5. The van der Waals surface area contributed by atoms with E-state index in [2.05, 4.69) is 0 Å². The van der Waals surface area contributed by atoms with E-state index in [-0.39, 0.29) is 0 Å². The molecule has 14 heavy (non-hydrogen) atoms. The smallest absolute Gasteiger partial charge is 0.134 e. The number of rotatable bonds is 5. The van der Waals surface area contributed by atoms with Gasteiger partial charge in [0.05, 0.1) is 12.5 Å². The van der Waals surface area contributed by atoms with Crippen molar-refractivity contribution in [1.29, 1.82) is 0 Å². The second kappa shape index (κ2) is 5.17. The van der Waals surface area contributed by atoms with Crippen LogP contribution in [0.25, 0.3) is 0 Å². The third-order valence-corrected chi connectivity index (χ3v) is 1.87. The zero-order chi connectivity index (χ0) is 10.4. The van der Waals surface area contributed by atoms with Gasteiger partial charge in [0.25, 0.3) is 0 Å². The predicted octanol–water partition coefficient (Wildman–Crippen LogP) is 1.57. The Balaban J connectivity index is 2.81. The lowest BCUT2D eigenvalue weighted by molar-refractivity contribution is -0.116. The molecule has 0 bridgehead atoms. The minimum atomic E-state index is -0.661. The number of carbonyl (C=O) groups is 2. The summed E-state index contributed by atoms with van der Waals surface area (Å²) in [6.07, 6.45) is 1.26. The molecule has 74 valence electrons. The molecule has 0 heterocycles. The molecule has 0 radical (unpaired) electrons. The lowest BCUT2D eigenvalue weighted by Gasteiger charge is -2.05. The van der Waals surface area contributed by atoms with Crippen LogP contribution in [-0.2, 0) is 9.59 Å². The molecule has 0 fully saturated rings. The topological polar surface area (TPSA) is 43.4 Å². The Morgan fingerprint density at radius 2 is 1.79 bits per heavy atom. The maximum absolute atomic E-state index is 10.5. The van der Waals surface area contributed by atoms with Gasteiger partial charge >= 0.3 is 0 Å². The number of hydrogen-bond acceptors (Lipinski definition) is 3. The summed E-state index contributed by atoms with van der Waals surface area (Å²) in [7, 11) is 0. The molecule has 0 spiro atoms. The van der Waals surface area contributed by atoms with Crippen molar-refractivity contribution < 1.29 is 14.3 Å². The SMILES string of the molecule is CCOc1ccc(C(C=O)C=O)cc1. The highest BCUT2D eigenvalue weighted by molar-refractivity contribution is 5.84. The molecule has 1 aromatic carbocycles. The Kier molecular flexibility index (Phi) is 3.85. The van der Waals surface area contributed by atoms with E-state index >= 15 is 0 Å². The quantitative estimate of drug-likeness (QED) is 0.525. The maximum Gasteiger partial charge on any atom is 0.134 e. The first-order valence-corrected chi connectivity index (χ1v) is 4.45. The maximum atomic E-state index is 10.5. The van der Waals surface area contributed by atoms with Crippen molar-refractivity contribution in [3.8, 4) is 5.75 Å². The van der Waals surface area contributed by atoms with Gasteiger partial charge in [-0.15, -0.1) is 0 Å². The largest absolute Gasteiger partial charge is 0.494 e. The first-order valence-electron chi connectivity index (χ1n) is 4.45. The summed E-state index contributed by atoms with van der Waals surface area (Å²) in [5, 5.41) is 0. The Bertz CT molecular complexity index is 295. The van der Waals surface area contributed by atoms with E-state index in [9.17, 15) is 9.59 Å². The van der Waals surface area contributed by atoms with Crippen molar-refractivity contribution in [2.75, 3.05) is 6.61 Å². The summed E-state index contributed by atoms with van der Waals surface area (Å²) in [6.45, 7) is 2.50. The van der Waals surface area contributed by atoms with E-state index in [1.807, 2.05) is 6.92 Å². The Morgan fingerprint density at radius 1 is 1.21 bits per heavy atom. The zero-order valence-corrected chi connectivity index (χ0v) is 7.97. The Morgan fingerprint density at radius 3 is 2.21 bits per heavy atom. The molecule has 3 heteroatoms. The van der Waals surface area contributed by atoms with Crippen molar-refractivity contribution in [3.63, 3.8) is 0 Å². The molecule has 0 atom stereocenters. The van der Waals surface area contributed by atoms with Gasteiger partial charge in [0.2, 0.25) is 0 Å². The first kappa shape index (κ1) is 10.4. The molecule has 0 N–H and O–H groups in total. The van der Waals surface area contributed by atoms with Gasteiger partial charge in [-0.3, -0.25) is 0 Å². The normalized spacial score (nSPS) is 9.86. The molecule has 0 aliphatic carbocycles. The lowest BCUT2D eigenvalue weighted by atomic mass is 10.0. The van der Waals surface area contributed by atoms with Gasteiger partial charge in [0.1, 0.15) is 18.3 Å². The summed E-state index contributed by atoms with van der Waals surface area (Å²) < 4.78 is 5.23. The van der Waals surface area contributed by atoms with Gasteiger partial charge in [0.15, 0.2) is 0 Å². The minimum absolute atomic E-state index is 0.601. The van der Waals surface area contributed by atoms with Crippen molar-refractivity contribution in [2.24, 2.45) is 0 Å². The molecule has 0 amide bonds. The second-order valence-corrected chi connectivity index (χ2v) is 2.80. The monoisotopic (exact) mass is 192 g/mol. The fourth-order valence-corrected chi connectivity index (χ4v) is 1.14. The summed E-state index contributed by atoms with van der Waals surface area (Å²) in [5.74, 6) is 0.0810. The van der Waals surface area contributed by atoms with Crippen molar-refractivity contribution in [3.05, 3.63) is 29.8 Å². The first-order chi connectivity index (χ1) is 6.81. The van der Waals surface area contributed by atoms with Crippen molar-refractivity contribution >= 4 is 12.6 Å². The average Bonchev–Trinajstić information content (AvgIpc) is 2.23. The van der Waals surface area contributed by atoms with Gasteiger partial charge in [-0.1, -0.05) is 12.1 Å². The number of aldehydes is 2. The van der Waals surface area contributed by atoms with Gasteiger partial charge in [-0.25, -0.2) is 0 Å². The average molecular weight is 192 g/mol. The fraction of sp³-hybridized carbons (Fsp3) is 0.273. The number of hydrogen-bond donors (Lipinski definition) is 0. The van der Waals surface area contributed by atoms with Crippen LogP contribution in [0.2, 0.25) is 0 Å². The highest BCUT2D eigenvalue weighted by Gasteiger charge is 2.07. The van der Waals surface area contributed by atoms with Crippen LogP contribution in [0.15, 0.2) is 24.3 Å². The zero-order valence-electron chi connectivity index (χ0n) is 7.97. The van der Waals surface area contributed by atoms with Crippen LogP contribution in [0, 0.1) is 0 Å². The molecular weight excluding hydrogens is 180 g/mol. The number of ether oxygens (including phenoxy) is 1. The molecule has 0 aliphatic rings. The predicted molar refractivity (Wildman–Crippen MR) is 52.5 cm³/mol. The third-order valence-electron chi connectivity index (χ3n) is 1.87. The Labute approximate surface area is 82.7 Å². The number of benzene rings is 1. The van der Waals surface area contributed by atoms with Gasteiger partial charge in [-0.05, 0) is 24.6 Å². The van der Waals surface area contributed by atoms with Gasteiger partial charge < -0.3 is 14.3 Å². The van der Waals surface area contributed by atoms with E-state index in [4.69, 9.17) is 4.74 Å². The molecule has 0 aliphatic heterocycles. The molecule has 0 unspecified atom stereocenters. The van der Waals surface area contributed by atoms with E-state index < -0.39 is 5.92 Å². The Hall–Kier alpha value is -1.64. The molecular formula is C11H12O3. The number of carbonyl (C=O) groups excluding carboxylic acids is 2. The third kappa shape index (κ3) is 2.42. The second-order valence-electron chi connectivity index (χ2n) is 2.80. The molecule has 3 nitrogen and oxygen atoms in total. The van der Waals surface area contributed by atoms with Crippen LogP contribution >= 0.6 is 0 Å². The minimum Gasteiger partial charge on any atom is -0.494 e. The van der Waals surface area contributed by atoms with Crippen molar-refractivity contribution in [1.82, 2.24) is 0 Å². The van der Waals surface area contributed by atoms with Gasteiger partial charge in [-0.2, -0.15) is 0 Å². The van der Waals surface area contributed by atoms with Crippen LogP contribution in [0.1, 0.15) is 18.4 Å². The van der Waals surface area contributed by atoms with Gasteiger partial charge in [0, 0.05) is 0 Å². The van der Waals surface area contributed by atoms with E-state index in [1.165, 1.54) is 0 Å². The van der Waals surface area contributed by atoms with Crippen LogP contribution in [-0.4, -0.2) is 19.2 Å². The molecule has 0 saturated carbocycles. The van der Waals surface area contributed by atoms with Crippen LogP contribution < -0.4 is 4.74 Å².